The summed E-state index contributed by atoms with van der Waals surface area (Å²) in [7, 11) is 0. The van der Waals surface area contributed by atoms with E-state index in [0.29, 0.717) is 6.42 Å². The summed E-state index contributed by atoms with van der Waals surface area (Å²) in [6.07, 6.45) is 2.08. The third-order valence-electron chi connectivity index (χ3n) is 2.06. The third-order valence-corrected chi connectivity index (χ3v) is 2.72. The Morgan fingerprint density at radius 1 is 1.50 bits per heavy atom. The summed E-state index contributed by atoms with van der Waals surface area (Å²) < 4.78 is 6.32. The predicted molar refractivity (Wildman–Crippen MR) is 58.3 cm³/mol. The van der Waals surface area contributed by atoms with Gasteiger partial charge in [0, 0.05) is 21.8 Å². The number of benzene rings is 1. The third kappa shape index (κ3) is 1.60. The first-order valence-corrected chi connectivity index (χ1v) is 5.12. The van der Waals surface area contributed by atoms with Crippen LogP contribution in [0.2, 0.25) is 0 Å². The van der Waals surface area contributed by atoms with Crippen molar-refractivity contribution in [2.24, 2.45) is 0 Å². The van der Waals surface area contributed by atoms with Gasteiger partial charge in [0.2, 0.25) is 0 Å². The summed E-state index contributed by atoms with van der Waals surface area (Å²) in [5.41, 5.74) is 1.76. The van der Waals surface area contributed by atoms with Crippen LogP contribution in [0.5, 0.6) is 0 Å². The van der Waals surface area contributed by atoms with Gasteiger partial charge in [0.1, 0.15) is 11.4 Å². The van der Waals surface area contributed by atoms with Gasteiger partial charge >= 0.3 is 0 Å². The van der Waals surface area contributed by atoms with Crippen molar-refractivity contribution >= 4 is 32.7 Å². The second kappa shape index (κ2) is 3.58. The number of carbonyl (C=O) groups excluding carboxylic acids is 1. The lowest BCUT2D eigenvalue weighted by Gasteiger charge is -1.96. The Kier molecular flexibility index (Phi) is 2.42. The molecule has 0 fully saturated rings. The van der Waals surface area contributed by atoms with Crippen LogP contribution in [0.4, 0.5) is 0 Å². The topological polar surface area (TPSA) is 30.2 Å². The lowest BCUT2D eigenvalue weighted by molar-refractivity contribution is -0.116. The Morgan fingerprint density at radius 2 is 2.29 bits per heavy atom. The standard InChI is InChI=1S/C11H9BrO2/c1-7(13)5-8-6-14-10-4-2-3-9(12)11(8)10/h2-4,6H,5H2,1H3. The van der Waals surface area contributed by atoms with E-state index >= 15 is 0 Å². The highest BCUT2D eigenvalue weighted by atomic mass is 79.9. The van der Waals surface area contributed by atoms with E-state index in [9.17, 15) is 4.79 Å². The molecule has 14 heavy (non-hydrogen) atoms. The van der Waals surface area contributed by atoms with Gasteiger partial charge in [-0.3, -0.25) is 4.79 Å². The maximum atomic E-state index is 11.0. The van der Waals surface area contributed by atoms with Crippen molar-refractivity contribution in [3.05, 3.63) is 34.5 Å². The molecule has 1 aromatic carbocycles. The molecule has 0 aliphatic rings. The molecule has 0 saturated heterocycles. The van der Waals surface area contributed by atoms with Crippen LogP contribution in [-0.2, 0) is 11.2 Å². The van der Waals surface area contributed by atoms with E-state index in [4.69, 9.17) is 4.42 Å². The van der Waals surface area contributed by atoms with Crippen molar-refractivity contribution < 1.29 is 9.21 Å². The molecular formula is C11H9BrO2. The van der Waals surface area contributed by atoms with Gasteiger partial charge in [-0.25, -0.2) is 0 Å². The van der Waals surface area contributed by atoms with Crippen molar-refractivity contribution in [2.45, 2.75) is 13.3 Å². The quantitative estimate of drug-likeness (QED) is 0.821. The predicted octanol–water partition coefficient (Wildman–Crippen LogP) is 3.33. The molecule has 0 aliphatic heterocycles. The van der Waals surface area contributed by atoms with Crippen molar-refractivity contribution in [3.63, 3.8) is 0 Å². The summed E-state index contributed by atoms with van der Waals surface area (Å²) in [6, 6.07) is 5.75. The maximum Gasteiger partial charge on any atom is 0.135 e. The molecule has 0 radical (unpaired) electrons. The maximum absolute atomic E-state index is 11.0. The Balaban J connectivity index is 2.61. The number of hydrogen-bond acceptors (Lipinski definition) is 2. The molecule has 0 amide bonds. The molecule has 0 atom stereocenters. The van der Waals surface area contributed by atoms with Crippen LogP contribution in [0.15, 0.2) is 33.4 Å². The number of ketones is 1. The second-order valence-corrected chi connectivity index (χ2v) is 4.11. The molecule has 3 heteroatoms. The van der Waals surface area contributed by atoms with E-state index in [1.807, 2.05) is 18.2 Å². The van der Waals surface area contributed by atoms with Gasteiger partial charge < -0.3 is 4.42 Å². The summed E-state index contributed by atoms with van der Waals surface area (Å²) in [5, 5.41) is 1.00. The van der Waals surface area contributed by atoms with E-state index in [1.165, 1.54) is 0 Å². The molecule has 0 saturated carbocycles. The van der Waals surface area contributed by atoms with Crippen LogP contribution in [0.3, 0.4) is 0 Å². The van der Waals surface area contributed by atoms with E-state index in [0.717, 1.165) is 21.0 Å². The Labute approximate surface area is 90.0 Å². The van der Waals surface area contributed by atoms with Crippen molar-refractivity contribution in [2.75, 3.05) is 0 Å². The van der Waals surface area contributed by atoms with Crippen LogP contribution >= 0.6 is 15.9 Å². The zero-order valence-corrected chi connectivity index (χ0v) is 9.30. The van der Waals surface area contributed by atoms with Gasteiger partial charge in [0.25, 0.3) is 0 Å². The zero-order chi connectivity index (χ0) is 10.1. The number of Topliss-reactive ketones (excluding diaryl/α,β-unsaturated/α-hetero) is 1. The van der Waals surface area contributed by atoms with Gasteiger partial charge in [-0.05, 0) is 19.1 Å². The fraction of sp³-hybridized carbons (Fsp3) is 0.182. The van der Waals surface area contributed by atoms with E-state index < -0.39 is 0 Å². The summed E-state index contributed by atoms with van der Waals surface area (Å²) in [5.74, 6) is 0.142. The molecular weight excluding hydrogens is 244 g/mol. The zero-order valence-electron chi connectivity index (χ0n) is 7.71. The highest BCUT2D eigenvalue weighted by molar-refractivity contribution is 9.10. The van der Waals surface area contributed by atoms with Crippen molar-refractivity contribution in [1.82, 2.24) is 0 Å². The Morgan fingerprint density at radius 3 is 3.00 bits per heavy atom. The molecule has 1 heterocycles. The lowest BCUT2D eigenvalue weighted by Crippen LogP contribution is -1.94. The van der Waals surface area contributed by atoms with Crippen LogP contribution < -0.4 is 0 Å². The van der Waals surface area contributed by atoms with E-state index in [1.54, 1.807) is 13.2 Å². The first kappa shape index (κ1) is 9.46. The molecule has 2 nitrogen and oxygen atoms in total. The largest absolute Gasteiger partial charge is 0.464 e. The fourth-order valence-electron chi connectivity index (χ4n) is 1.51. The number of rotatable bonds is 2. The van der Waals surface area contributed by atoms with Gasteiger partial charge in [-0.15, -0.1) is 0 Å². The summed E-state index contributed by atoms with van der Waals surface area (Å²) in [6.45, 7) is 1.58. The minimum Gasteiger partial charge on any atom is -0.464 e. The minimum atomic E-state index is 0.142. The molecule has 0 aliphatic carbocycles. The van der Waals surface area contributed by atoms with Gasteiger partial charge in [0.15, 0.2) is 0 Å². The molecule has 1 aromatic heterocycles. The molecule has 0 spiro atoms. The molecule has 2 rings (SSSR count). The fourth-order valence-corrected chi connectivity index (χ4v) is 2.11. The second-order valence-electron chi connectivity index (χ2n) is 3.25. The average Bonchev–Trinajstić information content (AvgIpc) is 2.49. The first-order valence-electron chi connectivity index (χ1n) is 4.32. The van der Waals surface area contributed by atoms with Gasteiger partial charge in [-0.1, -0.05) is 22.0 Å². The van der Waals surface area contributed by atoms with Crippen LogP contribution in [0.25, 0.3) is 11.0 Å². The number of hydrogen-bond donors (Lipinski definition) is 0. The molecule has 0 N–H and O–H groups in total. The number of carbonyl (C=O) groups is 1. The van der Waals surface area contributed by atoms with Crippen molar-refractivity contribution in [3.8, 4) is 0 Å². The highest BCUT2D eigenvalue weighted by Crippen LogP contribution is 2.29. The summed E-state index contributed by atoms with van der Waals surface area (Å²) in [4.78, 5) is 11.0. The SMILES string of the molecule is CC(=O)Cc1coc2cccc(Br)c12. The van der Waals surface area contributed by atoms with Crippen LogP contribution in [-0.4, -0.2) is 5.78 Å². The smallest absolute Gasteiger partial charge is 0.135 e. The molecule has 0 unspecified atom stereocenters. The molecule has 72 valence electrons. The highest BCUT2D eigenvalue weighted by Gasteiger charge is 2.09. The number of furan rings is 1. The van der Waals surface area contributed by atoms with E-state index in [-0.39, 0.29) is 5.78 Å². The average molecular weight is 253 g/mol. The first-order chi connectivity index (χ1) is 6.68. The monoisotopic (exact) mass is 252 g/mol. The lowest BCUT2D eigenvalue weighted by atomic mass is 10.1. The number of fused-ring (bicyclic) bond motifs is 1. The normalized spacial score (nSPS) is 10.7. The van der Waals surface area contributed by atoms with Crippen molar-refractivity contribution in [1.29, 1.82) is 0 Å². The summed E-state index contributed by atoms with van der Waals surface area (Å²) >= 11 is 3.45. The minimum absolute atomic E-state index is 0.142. The Bertz CT molecular complexity index is 485. The molecule has 0 bridgehead atoms. The van der Waals surface area contributed by atoms with Gasteiger partial charge in [-0.2, -0.15) is 0 Å². The van der Waals surface area contributed by atoms with Crippen LogP contribution in [0, 0.1) is 0 Å². The Hall–Kier alpha value is -1.09. The molecule has 2 aromatic rings. The number of halogens is 1. The van der Waals surface area contributed by atoms with Gasteiger partial charge in [0.05, 0.1) is 6.26 Å². The van der Waals surface area contributed by atoms with E-state index in [2.05, 4.69) is 15.9 Å². The van der Waals surface area contributed by atoms with Crippen LogP contribution in [0.1, 0.15) is 12.5 Å².